The highest BCUT2D eigenvalue weighted by Gasteiger charge is 2.19. The van der Waals surface area contributed by atoms with Crippen LogP contribution in [0.25, 0.3) is 11.1 Å². The first-order valence-electron chi connectivity index (χ1n) is 4.91. The van der Waals surface area contributed by atoms with Gasteiger partial charge in [-0.1, -0.05) is 30.3 Å². The van der Waals surface area contributed by atoms with Gasteiger partial charge in [0.15, 0.2) is 0 Å². The van der Waals surface area contributed by atoms with Crippen LogP contribution in [0, 0.1) is 5.82 Å². The van der Waals surface area contributed by atoms with Crippen molar-refractivity contribution in [3.8, 4) is 16.9 Å². The molecule has 0 aliphatic rings. The quantitative estimate of drug-likeness (QED) is 0.836. The van der Waals surface area contributed by atoms with Crippen molar-refractivity contribution < 1.29 is 19.4 Å². The molecule has 0 atom stereocenters. The number of aromatic carboxylic acids is 1. The number of phenols is 1. The number of hydrogen-bond acceptors (Lipinski definition) is 2. The predicted molar refractivity (Wildman–Crippen MR) is 60.5 cm³/mol. The van der Waals surface area contributed by atoms with Crippen LogP contribution in [-0.4, -0.2) is 16.2 Å². The van der Waals surface area contributed by atoms with Gasteiger partial charge in [-0.05, 0) is 17.7 Å². The van der Waals surface area contributed by atoms with Crippen molar-refractivity contribution in [3.63, 3.8) is 0 Å². The lowest BCUT2D eigenvalue weighted by atomic mass is 10.0. The summed E-state index contributed by atoms with van der Waals surface area (Å²) in [7, 11) is 0. The topological polar surface area (TPSA) is 57.5 Å². The molecule has 0 saturated carbocycles. The average molecular weight is 232 g/mol. The van der Waals surface area contributed by atoms with E-state index in [-0.39, 0.29) is 0 Å². The molecule has 2 aromatic carbocycles. The summed E-state index contributed by atoms with van der Waals surface area (Å²) in [5, 5.41) is 18.6. The SMILES string of the molecule is O=C(O)c1c(F)ccc(-c2ccccc2)c1O. The van der Waals surface area contributed by atoms with Crippen LogP contribution in [0.3, 0.4) is 0 Å². The number of carbonyl (C=O) groups is 1. The Bertz CT molecular complexity index is 564. The first-order chi connectivity index (χ1) is 8.11. The molecule has 0 spiro atoms. The van der Waals surface area contributed by atoms with Gasteiger partial charge in [0.2, 0.25) is 0 Å². The number of rotatable bonds is 2. The Balaban J connectivity index is 2.66. The number of carboxylic acids is 1. The normalized spacial score (nSPS) is 10.2. The van der Waals surface area contributed by atoms with Crippen LogP contribution < -0.4 is 0 Å². The summed E-state index contributed by atoms with van der Waals surface area (Å²) in [5.74, 6) is -2.99. The van der Waals surface area contributed by atoms with E-state index < -0.39 is 23.1 Å². The van der Waals surface area contributed by atoms with Crippen LogP contribution in [0.4, 0.5) is 4.39 Å². The molecule has 3 nitrogen and oxygen atoms in total. The first kappa shape index (κ1) is 11.1. The third-order valence-electron chi connectivity index (χ3n) is 2.43. The standard InChI is InChI=1S/C13H9FO3/c14-10-7-6-9(8-4-2-1-3-5-8)12(15)11(10)13(16)17/h1-7,15H,(H,16,17). The molecular weight excluding hydrogens is 223 g/mol. The van der Waals surface area contributed by atoms with Gasteiger partial charge in [0.25, 0.3) is 0 Å². The Morgan fingerprint density at radius 3 is 2.29 bits per heavy atom. The molecule has 0 radical (unpaired) electrons. The number of halogens is 1. The zero-order chi connectivity index (χ0) is 12.4. The van der Waals surface area contributed by atoms with Crippen molar-refractivity contribution in [2.45, 2.75) is 0 Å². The molecule has 17 heavy (non-hydrogen) atoms. The summed E-state index contributed by atoms with van der Waals surface area (Å²) in [6, 6.07) is 11.1. The van der Waals surface area contributed by atoms with Crippen molar-refractivity contribution in [3.05, 3.63) is 53.8 Å². The molecule has 4 heteroatoms. The minimum atomic E-state index is -1.49. The fraction of sp³-hybridized carbons (Fsp3) is 0. The summed E-state index contributed by atoms with van der Waals surface area (Å²) in [6.45, 7) is 0. The van der Waals surface area contributed by atoms with Gasteiger partial charge in [0.05, 0.1) is 0 Å². The van der Waals surface area contributed by atoms with Gasteiger partial charge < -0.3 is 10.2 Å². The lowest BCUT2D eigenvalue weighted by molar-refractivity contribution is 0.0688. The van der Waals surface area contributed by atoms with Gasteiger partial charge >= 0.3 is 5.97 Å². The van der Waals surface area contributed by atoms with Crippen molar-refractivity contribution in [2.24, 2.45) is 0 Å². The molecule has 0 unspecified atom stereocenters. The maximum Gasteiger partial charge on any atom is 0.342 e. The van der Waals surface area contributed by atoms with Crippen molar-refractivity contribution >= 4 is 5.97 Å². The number of hydrogen-bond donors (Lipinski definition) is 2. The molecule has 0 heterocycles. The highest BCUT2D eigenvalue weighted by atomic mass is 19.1. The maximum atomic E-state index is 13.3. The Hall–Kier alpha value is -2.36. The van der Waals surface area contributed by atoms with Crippen LogP contribution in [0.15, 0.2) is 42.5 Å². The Morgan fingerprint density at radius 2 is 1.71 bits per heavy atom. The predicted octanol–water partition coefficient (Wildman–Crippen LogP) is 2.90. The first-order valence-corrected chi connectivity index (χ1v) is 4.91. The monoisotopic (exact) mass is 232 g/mol. The maximum absolute atomic E-state index is 13.3. The molecule has 0 bridgehead atoms. The Labute approximate surface area is 96.8 Å². The van der Waals surface area contributed by atoms with E-state index in [0.29, 0.717) is 11.1 Å². The van der Waals surface area contributed by atoms with Crippen molar-refractivity contribution in [2.75, 3.05) is 0 Å². The van der Waals surface area contributed by atoms with Gasteiger partial charge in [-0.3, -0.25) is 0 Å². The lowest BCUT2D eigenvalue weighted by Crippen LogP contribution is -2.01. The molecule has 2 rings (SSSR count). The van der Waals surface area contributed by atoms with Gasteiger partial charge in [-0.2, -0.15) is 0 Å². The third-order valence-corrected chi connectivity index (χ3v) is 2.43. The fourth-order valence-corrected chi connectivity index (χ4v) is 1.62. The highest BCUT2D eigenvalue weighted by molar-refractivity contribution is 5.94. The smallest absolute Gasteiger partial charge is 0.342 e. The molecule has 2 N–H and O–H groups in total. The van der Waals surface area contributed by atoms with Crippen LogP contribution in [0.2, 0.25) is 0 Å². The number of carboxylic acid groups (broad SMARTS) is 1. The van der Waals surface area contributed by atoms with E-state index in [0.717, 1.165) is 6.07 Å². The zero-order valence-electron chi connectivity index (χ0n) is 8.72. The van der Waals surface area contributed by atoms with Crippen molar-refractivity contribution in [1.82, 2.24) is 0 Å². The van der Waals surface area contributed by atoms with Crippen molar-refractivity contribution in [1.29, 1.82) is 0 Å². The van der Waals surface area contributed by atoms with Crippen LogP contribution in [0.5, 0.6) is 5.75 Å². The highest BCUT2D eigenvalue weighted by Crippen LogP contribution is 2.33. The van der Waals surface area contributed by atoms with Crippen LogP contribution in [-0.2, 0) is 0 Å². The van der Waals surface area contributed by atoms with Gasteiger partial charge in [-0.15, -0.1) is 0 Å². The summed E-state index contributed by atoms with van der Waals surface area (Å²) in [6.07, 6.45) is 0. The second-order valence-electron chi connectivity index (χ2n) is 3.49. The molecule has 0 amide bonds. The summed E-state index contributed by atoms with van der Waals surface area (Å²) >= 11 is 0. The second kappa shape index (κ2) is 4.25. The van der Waals surface area contributed by atoms with E-state index in [2.05, 4.69) is 0 Å². The molecular formula is C13H9FO3. The van der Waals surface area contributed by atoms with E-state index in [1.165, 1.54) is 6.07 Å². The molecule has 0 aromatic heterocycles. The summed E-state index contributed by atoms with van der Waals surface area (Å²) in [4.78, 5) is 10.8. The van der Waals surface area contributed by atoms with E-state index in [1.807, 2.05) is 0 Å². The average Bonchev–Trinajstić information content (AvgIpc) is 2.30. The van der Waals surface area contributed by atoms with Crippen LogP contribution in [0.1, 0.15) is 10.4 Å². The zero-order valence-corrected chi connectivity index (χ0v) is 8.72. The summed E-state index contributed by atoms with van der Waals surface area (Å²) < 4.78 is 13.3. The van der Waals surface area contributed by atoms with E-state index in [4.69, 9.17) is 5.11 Å². The van der Waals surface area contributed by atoms with E-state index >= 15 is 0 Å². The van der Waals surface area contributed by atoms with E-state index in [9.17, 15) is 14.3 Å². The van der Waals surface area contributed by atoms with Gasteiger partial charge in [-0.25, -0.2) is 9.18 Å². The Morgan fingerprint density at radius 1 is 1.06 bits per heavy atom. The van der Waals surface area contributed by atoms with E-state index in [1.54, 1.807) is 30.3 Å². The molecule has 2 aromatic rings. The number of benzene rings is 2. The second-order valence-corrected chi connectivity index (χ2v) is 3.49. The molecule has 0 saturated heterocycles. The third kappa shape index (κ3) is 1.97. The largest absolute Gasteiger partial charge is 0.506 e. The number of aromatic hydroxyl groups is 1. The lowest BCUT2D eigenvalue weighted by Gasteiger charge is -2.08. The minimum absolute atomic E-state index is 0.296. The minimum Gasteiger partial charge on any atom is -0.506 e. The fourth-order valence-electron chi connectivity index (χ4n) is 1.62. The molecule has 0 fully saturated rings. The molecule has 0 aliphatic carbocycles. The van der Waals surface area contributed by atoms with Crippen LogP contribution >= 0.6 is 0 Å². The molecule has 0 aliphatic heterocycles. The molecule has 86 valence electrons. The Kier molecular flexibility index (Phi) is 2.78. The summed E-state index contributed by atoms with van der Waals surface area (Å²) in [5.41, 5.74) is 0.225. The van der Waals surface area contributed by atoms with Gasteiger partial charge in [0.1, 0.15) is 17.1 Å². The van der Waals surface area contributed by atoms with Gasteiger partial charge in [0, 0.05) is 5.56 Å².